The average Bonchev–Trinajstić information content (AvgIpc) is 3.49. The maximum atomic E-state index is 13.2. The average molecular weight is 551 g/mol. The van der Waals surface area contributed by atoms with Crippen LogP contribution in [0.2, 0.25) is 0 Å². The molecule has 2 unspecified atom stereocenters. The van der Waals surface area contributed by atoms with Gasteiger partial charge in [0.05, 0.1) is 12.5 Å². The normalized spacial score (nSPS) is 12.4. The molecule has 0 fully saturated rings. The third kappa shape index (κ3) is 9.60. The van der Waals surface area contributed by atoms with E-state index in [0.717, 1.165) is 21.6 Å². The molecule has 2 aromatic carbocycles. The Morgan fingerprint density at radius 1 is 0.872 bits per heavy atom. The van der Waals surface area contributed by atoms with Gasteiger partial charge >= 0.3 is 0 Å². The molecule has 1 aromatic heterocycles. The summed E-state index contributed by atoms with van der Waals surface area (Å²) in [7, 11) is 0. The first kappa shape index (κ1) is 30.0. The molecule has 0 spiro atoms. The van der Waals surface area contributed by atoms with Gasteiger partial charge in [-0.1, -0.05) is 54.6 Å². The summed E-state index contributed by atoms with van der Waals surface area (Å²) in [5.74, 6) is -1.17. The second kappa shape index (κ2) is 15.7. The zero-order chi connectivity index (χ0) is 28.0. The lowest BCUT2D eigenvalue weighted by molar-refractivity contribution is -0.135. The van der Waals surface area contributed by atoms with Gasteiger partial charge in [0.15, 0.2) is 0 Å². The number of nitrogens with two attached hydrogens (primary N) is 3. The number of hydrogen-bond donors (Lipinski definition) is 5. The van der Waals surface area contributed by atoms with Crippen LogP contribution in [0, 0.1) is 0 Å². The van der Waals surface area contributed by atoms with E-state index in [0.29, 0.717) is 32.5 Å². The zero-order valence-corrected chi connectivity index (χ0v) is 22.9. The maximum absolute atomic E-state index is 13.2. The van der Waals surface area contributed by atoms with Crippen LogP contribution in [0.5, 0.6) is 0 Å². The number of carbonyl (C=O) groups is 3. The van der Waals surface area contributed by atoms with Crippen molar-refractivity contribution in [1.29, 1.82) is 0 Å². The van der Waals surface area contributed by atoms with Crippen LogP contribution >= 0.6 is 11.3 Å². The zero-order valence-electron chi connectivity index (χ0n) is 22.1. The van der Waals surface area contributed by atoms with Gasteiger partial charge in [0.2, 0.25) is 17.7 Å². The fourth-order valence-electron chi connectivity index (χ4n) is 4.18. The Hall–Kier alpha value is -3.57. The van der Waals surface area contributed by atoms with Crippen LogP contribution in [-0.4, -0.2) is 60.9 Å². The summed E-state index contributed by atoms with van der Waals surface area (Å²) in [6.45, 7) is 1.55. The quantitative estimate of drug-likeness (QED) is 0.194. The molecule has 0 aliphatic rings. The number of carbonyl (C=O) groups excluding carboxylic acids is 3. The van der Waals surface area contributed by atoms with E-state index in [1.165, 1.54) is 4.90 Å². The fraction of sp³-hybridized carbons (Fsp3) is 0.345. The minimum Gasteiger partial charge on any atom is -0.350 e. The number of hydrogen-bond acceptors (Lipinski definition) is 7. The van der Waals surface area contributed by atoms with Crippen LogP contribution in [-0.2, 0) is 27.3 Å². The van der Waals surface area contributed by atoms with E-state index in [9.17, 15) is 14.4 Å². The van der Waals surface area contributed by atoms with Gasteiger partial charge in [-0.3, -0.25) is 14.4 Å². The molecule has 208 valence electrons. The van der Waals surface area contributed by atoms with Crippen LogP contribution < -0.4 is 27.8 Å². The van der Waals surface area contributed by atoms with Gasteiger partial charge in [0, 0.05) is 37.6 Å². The second-order valence-electron chi connectivity index (χ2n) is 9.25. The minimum absolute atomic E-state index is 0.200. The van der Waals surface area contributed by atoms with Gasteiger partial charge in [-0.15, -0.1) is 11.3 Å². The third-order valence-electron chi connectivity index (χ3n) is 6.28. The molecule has 2 atom stereocenters. The number of amides is 3. The van der Waals surface area contributed by atoms with Crippen molar-refractivity contribution < 1.29 is 14.4 Å². The Balaban J connectivity index is 1.64. The molecule has 0 aliphatic carbocycles. The lowest BCUT2D eigenvalue weighted by Crippen LogP contribution is -2.53. The molecular formula is C29H38N6O3S. The van der Waals surface area contributed by atoms with Gasteiger partial charge in [-0.25, -0.2) is 0 Å². The van der Waals surface area contributed by atoms with Gasteiger partial charge in [0.1, 0.15) is 6.04 Å². The van der Waals surface area contributed by atoms with Crippen molar-refractivity contribution in [3.05, 3.63) is 83.2 Å². The molecule has 10 heteroatoms. The lowest BCUT2D eigenvalue weighted by Gasteiger charge is -2.24. The van der Waals surface area contributed by atoms with E-state index in [1.807, 2.05) is 66.0 Å². The molecule has 0 saturated carbocycles. The highest BCUT2D eigenvalue weighted by Crippen LogP contribution is 2.25. The highest BCUT2D eigenvalue weighted by atomic mass is 32.1. The summed E-state index contributed by atoms with van der Waals surface area (Å²) >= 11 is 1.65. The van der Waals surface area contributed by atoms with E-state index in [1.54, 1.807) is 11.3 Å². The van der Waals surface area contributed by atoms with Gasteiger partial charge in [-0.05, 0) is 47.0 Å². The van der Waals surface area contributed by atoms with Crippen molar-refractivity contribution in [1.82, 2.24) is 15.5 Å². The van der Waals surface area contributed by atoms with Crippen molar-refractivity contribution >= 4 is 29.1 Å². The lowest BCUT2D eigenvalue weighted by atomic mass is 10.0. The molecule has 0 saturated heterocycles. The predicted octanol–water partition coefficient (Wildman–Crippen LogP) is 1.61. The Morgan fingerprint density at radius 3 is 2.26 bits per heavy atom. The molecule has 0 aliphatic heterocycles. The standard InChI is InChI=1S/C29H38N6O3S/c30-13-15-35(16-14-31)27(36)19-24(32)28(37)34-25(12-11-21-6-2-1-3-7-21)29(38)33-20-22-8-4-9-23(18-22)26-10-5-17-39-26/h1-10,17-18,24-25H,11-16,19-20,30-32H2,(H,33,38)(H,34,37). The van der Waals surface area contributed by atoms with Crippen LogP contribution in [0.1, 0.15) is 24.0 Å². The van der Waals surface area contributed by atoms with Gasteiger partial charge in [0.25, 0.3) is 0 Å². The van der Waals surface area contributed by atoms with Crippen molar-refractivity contribution in [2.45, 2.75) is 37.9 Å². The van der Waals surface area contributed by atoms with E-state index in [4.69, 9.17) is 17.2 Å². The summed E-state index contributed by atoms with van der Waals surface area (Å²) < 4.78 is 0. The highest BCUT2D eigenvalue weighted by Gasteiger charge is 2.26. The van der Waals surface area contributed by atoms with Crippen LogP contribution in [0.25, 0.3) is 10.4 Å². The maximum Gasteiger partial charge on any atom is 0.242 e. The van der Waals surface area contributed by atoms with E-state index < -0.39 is 18.0 Å². The molecule has 8 N–H and O–H groups in total. The fourth-order valence-corrected chi connectivity index (χ4v) is 4.90. The Morgan fingerprint density at radius 2 is 1.59 bits per heavy atom. The summed E-state index contributed by atoms with van der Waals surface area (Å²) in [6.07, 6.45) is 0.764. The Bertz CT molecular complexity index is 1180. The van der Waals surface area contributed by atoms with E-state index in [2.05, 4.69) is 16.7 Å². The molecule has 0 bridgehead atoms. The van der Waals surface area contributed by atoms with Crippen LogP contribution in [0.15, 0.2) is 72.1 Å². The third-order valence-corrected chi connectivity index (χ3v) is 7.20. The molecule has 3 aromatic rings. The number of nitrogens with zero attached hydrogens (tertiary/aromatic N) is 1. The SMILES string of the molecule is NCCN(CCN)C(=O)CC(N)C(=O)NC(CCc1ccccc1)C(=O)NCc1cccc(-c2cccs2)c1. The summed E-state index contributed by atoms with van der Waals surface area (Å²) in [5, 5.41) is 7.75. The largest absolute Gasteiger partial charge is 0.350 e. The number of aryl methyl sites for hydroxylation is 1. The summed E-state index contributed by atoms with van der Waals surface area (Å²) in [6, 6.07) is 19.8. The molecule has 0 radical (unpaired) electrons. The predicted molar refractivity (Wildman–Crippen MR) is 156 cm³/mol. The first-order chi connectivity index (χ1) is 18.9. The molecule has 39 heavy (non-hydrogen) atoms. The van der Waals surface area contributed by atoms with Crippen molar-refractivity contribution in [2.75, 3.05) is 26.2 Å². The van der Waals surface area contributed by atoms with E-state index >= 15 is 0 Å². The molecule has 3 amide bonds. The smallest absolute Gasteiger partial charge is 0.242 e. The summed E-state index contributed by atoms with van der Waals surface area (Å²) in [5.41, 5.74) is 20.3. The first-order valence-corrected chi connectivity index (χ1v) is 14.0. The monoisotopic (exact) mass is 550 g/mol. The molecule has 1 heterocycles. The van der Waals surface area contributed by atoms with Crippen molar-refractivity contribution in [3.63, 3.8) is 0 Å². The Kier molecular flexibility index (Phi) is 12.1. The molecule has 3 rings (SSSR count). The molecule has 9 nitrogen and oxygen atoms in total. The number of nitrogens with one attached hydrogen (secondary N) is 2. The van der Waals surface area contributed by atoms with Crippen LogP contribution in [0.3, 0.4) is 0 Å². The minimum atomic E-state index is -1.11. The van der Waals surface area contributed by atoms with Gasteiger partial charge in [-0.2, -0.15) is 0 Å². The Labute approximate surface area is 233 Å². The van der Waals surface area contributed by atoms with E-state index in [-0.39, 0.29) is 31.3 Å². The topological polar surface area (TPSA) is 157 Å². The first-order valence-electron chi connectivity index (χ1n) is 13.1. The number of thiophene rings is 1. The second-order valence-corrected chi connectivity index (χ2v) is 10.2. The van der Waals surface area contributed by atoms with Gasteiger partial charge < -0.3 is 32.7 Å². The van der Waals surface area contributed by atoms with Crippen LogP contribution in [0.4, 0.5) is 0 Å². The number of benzene rings is 2. The summed E-state index contributed by atoms with van der Waals surface area (Å²) in [4.78, 5) is 41.5. The van der Waals surface area contributed by atoms with Crippen molar-refractivity contribution in [2.24, 2.45) is 17.2 Å². The molecular weight excluding hydrogens is 512 g/mol. The van der Waals surface area contributed by atoms with Crippen molar-refractivity contribution in [3.8, 4) is 10.4 Å². The highest BCUT2D eigenvalue weighted by molar-refractivity contribution is 7.13. The number of rotatable bonds is 15.